The topological polar surface area (TPSA) is 20.3 Å². The van der Waals surface area contributed by atoms with E-state index in [-0.39, 0.29) is 5.91 Å². The highest BCUT2D eigenvalue weighted by molar-refractivity contribution is 5.94. The molecule has 2 nitrogen and oxygen atoms in total. The summed E-state index contributed by atoms with van der Waals surface area (Å²) in [5.41, 5.74) is 2.15. The summed E-state index contributed by atoms with van der Waals surface area (Å²) in [7, 11) is 0. The van der Waals surface area contributed by atoms with E-state index in [0.29, 0.717) is 11.8 Å². The maximum atomic E-state index is 12.5. The van der Waals surface area contributed by atoms with Crippen LogP contribution in [0, 0.1) is 11.8 Å². The quantitative estimate of drug-likeness (QED) is 0.809. The summed E-state index contributed by atoms with van der Waals surface area (Å²) >= 11 is 0. The molecule has 1 aromatic carbocycles. The lowest BCUT2D eigenvalue weighted by Crippen LogP contribution is -2.42. The fourth-order valence-corrected chi connectivity index (χ4v) is 3.11. The van der Waals surface area contributed by atoms with E-state index in [0.717, 1.165) is 31.5 Å². The molecule has 1 aromatic rings. The summed E-state index contributed by atoms with van der Waals surface area (Å²) in [4.78, 5) is 14.5. The van der Waals surface area contributed by atoms with Gasteiger partial charge < -0.3 is 4.90 Å². The summed E-state index contributed by atoms with van der Waals surface area (Å²) in [6, 6.07) is 8.15. The van der Waals surface area contributed by atoms with Gasteiger partial charge in [0, 0.05) is 18.7 Å². The number of carbonyl (C=O) groups excluding carboxylic acids is 1. The Morgan fingerprint density at radius 1 is 1.16 bits per heavy atom. The van der Waals surface area contributed by atoms with E-state index in [2.05, 4.69) is 32.9 Å². The van der Waals surface area contributed by atoms with Crippen molar-refractivity contribution in [2.75, 3.05) is 13.1 Å². The van der Waals surface area contributed by atoms with Crippen LogP contribution in [0.5, 0.6) is 0 Å². The Hall–Kier alpha value is -1.31. The van der Waals surface area contributed by atoms with Crippen molar-refractivity contribution in [1.29, 1.82) is 0 Å². The van der Waals surface area contributed by atoms with Crippen LogP contribution >= 0.6 is 0 Å². The first-order valence-corrected chi connectivity index (χ1v) is 7.48. The van der Waals surface area contributed by atoms with Crippen LogP contribution in [0.3, 0.4) is 0 Å². The summed E-state index contributed by atoms with van der Waals surface area (Å²) < 4.78 is 0. The number of hydrogen-bond acceptors (Lipinski definition) is 1. The smallest absolute Gasteiger partial charge is 0.253 e. The van der Waals surface area contributed by atoms with E-state index in [1.807, 2.05) is 17.0 Å². The van der Waals surface area contributed by atoms with Crippen LogP contribution in [-0.2, 0) is 6.42 Å². The molecule has 0 aliphatic carbocycles. The molecule has 2 atom stereocenters. The van der Waals surface area contributed by atoms with E-state index in [1.165, 1.54) is 12.0 Å². The number of amides is 1. The molecule has 1 fully saturated rings. The SMILES string of the molecule is CCCc1ccc(C(=O)N2CC(C)CC(C)C2)cc1. The van der Waals surface area contributed by atoms with Crippen molar-refractivity contribution in [2.45, 2.75) is 40.0 Å². The van der Waals surface area contributed by atoms with Gasteiger partial charge in [-0.15, -0.1) is 0 Å². The third kappa shape index (κ3) is 3.59. The molecule has 2 heteroatoms. The normalized spacial score (nSPS) is 23.4. The van der Waals surface area contributed by atoms with Gasteiger partial charge in [-0.25, -0.2) is 0 Å². The lowest BCUT2D eigenvalue weighted by atomic mass is 9.91. The molecule has 1 saturated heterocycles. The number of benzene rings is 1. The van der Waals surface area contributed by atoms with Gasteiger partial charge in [0.15, 0.2) is 0 Å². The summed E-state index contributed by atoms with van der Waals surface area (Å²) in [5.74, 6) is 1.43. The predicted octanol–water partition coefficient (Wildman–Crippen LogP) is 3.76. The molecule has 19 heavy (non-hydrogen) atoms. The number of carbonyl (C=O) groups is 1. The minimum atomic E-state index is 0.196. The highest BCUT2D eigenvalue weighted by atomic mass is 16.2. The van der Waals surface area contributed by atoms with Crippen molar-refractivity contribution < 1.29 is 4.79 Å². The lowest BCUT2D eigenvalue weighted by Gasteiger charge is -2.35. The molecule has 0 bridgehead atoms. The van der Waals surface area contributed by atoms with Gasteiger partial charge in [0.05, 0.1) is 0 Å². The van der Waals surface area contributed by atoms with Crippen LogP contribution in [0.25, 0.3) is 0 Å². The largest absolute Gasteiger partial charge is 0.338 e. The van der Waals surface area contributed by atoms with Gasteiger partial charge in [0.1, 0.15) is 0 Å². The first-order valence-electron chi connectivity index (χ1n) is 7.48. The standard InChI is InChI=1S/C17H25NO/c1-4-5-15-6-8-16(9-7-15)17(19)18-11-13(2)10-14(3)12-18/h6-9,13-14H,4-5,10-12H2,1-3H3. The van der Waals surface area contributed by atoms with Crippen LogP contribution < -0.4 is 0 Å². The summed E-state index contributed by atoms with van der Waals surface area (Å²) in [6.07, 6.45) is 3.47. The minimum Gasteiger partial charge on any atom is -0.338 e. The highest BCUT2D eigenvalue weighted by Gasteiger charge is 2.25. The molecule has 2 unspecified atom stereocenters. The number of aryl methyl sites for hydroxylation is 1. The van der Waals surface area contributed by atoms with Crippen LogP contribution in [0.1, 0.15) is 49.5 Å². The second-order valence-electron chi connectivity index (χ2n) is 6.10. The molecule has 2 rings (SSSR count). The first-order chi connectivity index (χ1) is 9.10. The molecule has 0 radical (unpaired) electrons. The van der Waals surface area contributed by atoms with Crippen molar-refractivity contribution in [1.82, 2.24) is 4.90 Å². The number of rotatable bonds is 3. The van der Waals surface area contributed by atoms with Gasteiger partial charge in [-0.3, -0.25) is 4.79 Å². The van der Waals surface area contributed by atoms with E-state index in [1.54, 1.807) is 0 Å². The average molecular weight is 259 g/mol. The first kappa shape index (κ1) is 14.1. The maximum absolute atomic E-state index is 12.5. The zero-order valence-electron chi connectivity index (χ0n) is 12.4. The van der Waals surface area contributed by atoms with Gasteiger partial charge in [0.25, 0.3) is 5.91 Å². The van der Waals surface area contributed by atoms with E-state index in [9.17, 15) is 4.79 Å². The number of likely N-dealkylation sites (tertiary alicyclic amines) is 1. The molecule has 0 spiro atoms. The Morgan fingerprint density at radius 2 is 1.74 bits per heavy atom. The van der Waals surface area contributed by atoms with Gasteiger partial charge >= 0.3 is 0 Å². The van der Waals surface area contributed by atoms with E-state index in [4.69, 9.17) is 0 Å². The van der Waals surface area contributed by atoms with Crippen molar-refractivity contribution in [2.24, 2.45) is 11.8 Å². The Bertz CT molecular complexity index is 413. The summed E-state index contributed by atoms with van der Waals surface area (Å²) in [6.45, 7) is 8.45. The number of nitrogens with zero attached hydrogens (tertiary/aromatic N) is 1. The van der Waals surface area contributed by atoms with Gasteiger partial charge in [0.2, 0.25) is 0 Å². The molecular weight excluding hydrogens is 234 g/mol. The van der Waals surface area contributed by atoms with Crippen molar-refractivity contribution in [3.8, 4) is 0 Å². The van der Waals surface area contributed by atoms with Gasteiger partial charge in [-0.2, -0.15) is 0 Å². The van der Waals surface area contributed by atoms with E-state index < -0.39 is 0 Å². The van der Waals surface area contributed by atoms with Crippen molar-refractivity contribution >= 4 is 5.91 Å². The molecule has 104 valence electrons. The highest BCUT2D eigenvalue weighted by Crippen LogP contribution is 2.22. The second kappa shape index (κ2) is 6.23. The monoisotopic (exact) mass is 259 g/mol. The maximum Gasteiger partial charge on any atom is 0.253 e. The zero-order valence-corrected chi connectivity index (χ0v) is 12.4. The third-order valence-corrected chi connectivity index (χ3v) is 3.90. The second-order valence-corrected chi connectivity index (χ2v) is 6.10. The molecular formula is C17H25NO. The van der Waals surface area contributed by atoms with Crippen molar-refractivity contribution in [3.05, 3.63) is 35.4 Å². The molecule has 1 aliphatic rings. The lowest BCUT2D eigenvalue weighted by molar-refractivity contribution is 0.0623. The van der Waals surface area contributed by atoms with Crippen LogP contribution in [0.15, 0.2) is 24.3 Å². The Morgan fingerprint density at radius 3 is 2.26 bits per heavy atom. The molecule has 1 heterocycles. The van der Waals surface area contributed by atoms with Crippen molar-refractivity contribution in [3.63, 3.8) is 0 Å². The minimum absolute atomic E-state index is 0.196. The number of hydrogen-bond donors (Lipinski definition) is 0. The molecule has 1 amide bonds. The Balaban J connectivity index is 2.06. The molecule has 0 N–H and O–H groups in total. The van der Waals surface area contributed by atoms with Crippen LogP contribution in [0.4, 0.5) is 0 Å². The number of piperidine rings is 1. The van der Waals surface area contributed by atoms with Crippen LogP contribution in [0.2, 0.25) is 0 Å². The Labute approximate surface area is 116 Å². The predicted molar refractivity (Wildman–Crippen MR) is 79.3 cm³/mol. The fraction of sp³-hybridized carbons (Fsp3) is 0.588. The average Bonchev–Trinajstić information content (AvgIpc) is 2.38. The van der Waals surface area contributed by atoms with Gasteiger partial charge in [-0.05, 0) is 42.4 Å². The Kier molecular flexibility index (Phi) is 4.62. The molecule has 0 aromatic heterocycles. The molecule has 1 aliphatic heterocycles. The van der Waals surface area contributed by atoms with E-state index >= 15 is 0 Å². The zero-order chi connectivity index (χ0) is 13.8. The summed E-state index contributed by atoms with van der Waals surface area (Å²) in [5, 5.41) is 0. The van der Waals surface area contributed by atoms with Gasteiger partial charge in [-0.1, -0.05) is 39.3 Å². The fourth-order valence-electron chi connectivity index (χ4n) is 3.11. The molecule has 0 saturated carbocycles. The van der Waals surface area contributed by atoms with Crippen LogP contribution in [-0.4, -0.2) is 23.9 Å². The third-order valence-electron chi connectivity index (χ3n) is 3.90.